The molecule has 0 atom stereocenters. The number of nitrogens with zero attached hydrogens (tertiary/aromatic N) is 3. The van der Waals surface area contributed by atoms with E-state index in [0.29, 0.717) is 26.0 Å². The van der Waals surface area contributed by atoms with Crippen LogP contribution in [0.2, 0.25) is 0 Å². The van der Waals surface area contributed by atoms with Gasteiger partial charge in [-0.25, -0.2) is 9.67 Å². The number of carbonyl (C=O) groups is 1. The molecule has 3 rings (SSSR count). The molecule has 6 heteroatoms. The van der Waals surface area contributed by atoms with Crippen LogP contribution in [0.15, 0.2) is 61.1 Å². The molecule has 1 N–H and O–H groups in total. The third-order valence-electron chi connectivity index (χ3n) is 3.85. The number of pyridine rings is 1. The van der Waals surface area contributed by atoms with E-state index in [0.717, 1.165) is 22.7 Å². The van der Waals surface area contributed by atoms with Gasteiger partial charge in [0.25, 0.3) is 0 Å². The van der Waals surface area contributed by atoms with E-state index in [2.05, 4.69) is 15.4 Å². The van der Waals surface area contributed by atoms with Gasteiger partial charge in [-0.1, -0.05) is 12.1 Å². The van der Waals surface area contributed by atoms with E-state index in [4.69, 9.17) is 4.74 Å². The molecule has 0 bridgehead atoms. The lowest BCUT2D eigenvalue weighted by Gasteiger charge is -2.08. The van der Waals surface area contributed by atoms with Crippen molar-refractivity contribution < 1.29 is 9.53 Å². The molecule has 2 heterocycles. The summed E-state index contributed by atoms with van der Waals surface area (Å²) in [6.07, 6.45) is 6.36. The standard InChI is InChI=1S/C20H22N4O2/c1-16-5-2-6-18(13-16)26-12-3-7-20(25)22-15-17-8-10-21-19(14-17)24-11-4-9-23-24/h2,4-6,8-11,13-14H,3,7,12,15H2,1H3,(H,22,25). The molecule has 26 heavy (non-hydrogen) atoms. The minimum Gasteiger partial charge on any atom is -0.494 e. The third-order valence-corrected chi connectivity index (χ3v) is 3.85. The molecular weight excluding hydrogens is 328 g/mol. The van der Waals surface area contributed by atoms with Gasteiger partial charge in [0.2, 0.25) is 5.91 Å². The van der Waals surface area contributed by atoms with Gasteiger partial charge in [-0.3, -0.25) is 4.79 Å². The van der Waals surface area contributed by atoms with Crippen molar-refractivity contribution in [2.24, 2.45) is 0 Å². The maximum Gasteiger partial charge on any atom is 0.220 e. The zero-order valence-corrected chi connectivity index (χ0v) is 14.8. The number of nitrogens with one attached hydrogen (secondary N) is 1. The van der Waals surface area contributed by atoms with Gasteiger partial charge < -0.3 is 10.1 Å². The van der Waals surface area contributed by atoms with Gasteiger partial charge in [-0.05, 0) is 54.8 Å². The minimum atomic E-state index is 0.00953. The summed E-state index contributed by atoms with van der Waals surface area (Å²) in [6, 6.07) is 13.5. The van der Waals surface area contributed by atoms with E-state index in [-0.39, 0.29) is 5.91 Å². The second kappa shape index (κ2) is 8.80. The highest BCUT2D eigenvalue weighted by atomic mass is 16.5. The van der Waals surface area contributed by atoms with E-state index in [1.807, 2.05) is 55.6 Å². The van der Waals surface area contributed by atoms with Crippen molar-refractivity contribution in [1.82, 2.24) is 20.1 Å². The molecule has 2 aromatic heterocycles. The van der Waals surface area contributed by atoms with Crippen LogP contribution in [0.3, 0.4) is 0 Å². The molecule has 0 unspecified atom stereocenters. The number of aromatic nitrogens is 3. The lowest BCUT2D eigenvalue weighted by atomic mass is 10.2. The Bertz CT molecular complexity index is 847. The Morgan fingerprint density at radius 3 is 2.92 bits per heavy atom. The number of hydrogen-bond donors (Lipinski definition) is 1. The normalized spacial score (nSPS) is 10.5. The van der Waals surface area contributed by atoms with Crippen LogP contribution in [-0.4, -0.2) is 27.3 Å². The Balaban J connectivity index is 1.39. The van der Waals surface area contributed by atoms with Gasteiger partial charge in [0.1, 0.15) is 5.75 Å². The number of amides is 1. The summed E-state index contributed by atoms with van der Waals surface area (Å²) in [5.41, 5.74) is 2.14. The molecule has 134 valence electrons. The van der Waals surface area contributed by atoms with Crippen LogP contribution < -0.4 is 10.1 Å². The van der Waals surface area contributed by atoms with Crippen LogP contribution in [-0.2, 0) is 11.3 Å². The highest BCUT2D eigenvalue weighted by Gasteiger charge is 2.04. The summed E-state index contributed by atoms with van der Waals surface area (Å²) < 4.78 is 7.35. The van der Waals surface area contributed by atoms with Crippen molar-refractivity contribution in [3.8, 4) is 11.6 Å². The van der Waals surface area contributed by atoms with Gasteiger partial charge in [-0.2, -0.15) is 5.10 Å². The SMILES string of the molecule is Cc1cccc(OCCCC(=O)NCc2ccnc(-n3cccn3)c2)c1. The second-order valence-corrected chi connectivity index (χ2v) is 6.02. The quantitative estimate of drug-likeness (QED) is 0.634. The second-order valence-electron chi connectivity index (χ2n) is 6.02. The van der Waals surface area contributed by atoms with Gasteiger partial charge in [0.15, 0.2) is 5.82 Å². The lowest BCUT2D eigenvalue weighted by molar-refractivity contribution is -0.121. The molecule has 0 spiro atoms. The van der Waals surface area contributed by atoms with E-state index >= 15 is 0 Å². The highest BCUT2D eigenvalue weighted by molar-refractivity contribution is 5.75. The Morgan fingerprint density at radius 2 is 2.12 bits per heavy atom. The Kier molecular flexibility index (Phi) is 5.98. The van der Waals surface area contributed by atoms with Gasteiger partial charge in [-0.15, -0.1) is 0 Å². The Labute approximate surface area is 152 Å². The van der Waals surface area contributed by atoms with Gasteiger partial charge >= 0.3 is 0 Å². The smallest absolute Gasteiger partial charge is 0.220 e. The number of carbonyl (C=O) groups excluding carboxylic acids is 1. The van der Waals surface area contributed by atoms with Crippen LogP contribution in [0.5, 0.6) is 5.75 Å². The molecule has 0 aliphatic rings. The zero-order chi connectivity index (χ0) is 18.2. The third kappa shape index (κ3) is 5.17. The first-order valence-electron chi connectivity index (χ1n) is 8.62. The van der Waals surface area contributed by atoms with Crippen molar-refractivity contribution in [2.45, 2.75) is 26.3 Å². The van der Waals surface area contributed by atoms with Crippen LogP contribution >= 0.6 is 0 Å². The fraction of sp³-hybridized carbons (Fsp3) is 0.250. The summed E-state index contributed by atoms with van der Waals surface area (Å²) in [5, 5.41) is 7.08. The van der Waals surface area contributed by atoms with E-state index in [9.17, 15) is 4.79 Å². The first-order valence-corrected chi connectivity index (χ1v) is 8.62. The first kappa shape index (κ1) is 17.7. The van der Waals surface area contributed by atoms with Crippen molar-refractivity contribution in [1.29, 1.82) is 0 Å². The van der Waals surface area contributed by atoms with Gasteiger partial charge in [0, 0.05) is 31.6 Å². The van der Waals surface area contributed by atoms with E-state index < -0.39 is 0 Å². The number of hydrogen-bond acceptors (Lipinski definition) is 4. The van der Waals surface area contributed by atoms with Gasteiger partial charge in [0.05, 0.1) is 6.61 Å². The van der Waals surface area contributed by atoms with Crippen LogP contribution in [0.1, 0.15) is 24.0 Å². The van der Waals surface area contributed by atoms with Crippen molar-refractivity contribution >= 4 is 5.91 Å². The van der Waals surface area contributed by atoms with Crippen molar-refractivity contribution in [3.63, 3.8) is 0 Å². The lowest BCUT2D eigenvalue weighted by Crippen LogP contribution is -2.23. The van der Waals surface area contributed by atoms with Crippen molar-refractivity contribution in [2.75, 3.05) is 6.61 Å². The minimum absolute atomic E-state index is 0.00953. The summed E-state index contributed by atoms with van der Waals surface area (Å²) >= 11 is 0. The Hall–Kier alpha value is -3.15. The summed E-state index contributed by atoms with van der Waals surface area (Å²) in [4.78, 5) is 16.3. The average molecular weight is 350 g/mol. The highest BCUT2D eigenvalue weighted by Crippen LogP contribution is 2.12. The largest absolute Gasteiger partial charge is 0.494 e. The monoisotopic (exact) mass is 350 g/mol. The molecule has 1 amide bonds. The van der Waals surface area contributed by atoms with Crippen molar-refractivity contribution in [3.05, 3.63) is 72.2 Å². The fourth-order valence-corrected chi connectivity index (χ4v) is 2.52. The average Bonchev–Trinajstić information content (AvgIpc) is 3.19. The number of aryl methyl sites for hydroxylation is 1. The summed E-state index contributed by atoms with van der Waals surface area (Å²) in [5.74, 6) is 1.58. The molecule has 6 nitrogen and oxygen atoms in total. The van der Waals surface area contributed by atoms with E-state index in [1.54, 1.807) is 17.1 Å². The number of benzene rings is 1. The van der Waals surface area contributed by atoms with Crippen LogP contribution in [0.25, 0.3) is 5.82 Å². The predicted octanol–water partition coefficient (Wildman–Crippen LogP) is 3.05. The van der Waals surface area contributed by atoms with Crippen LogP contribution in [0.4, 0.5) is 0 Å². The molecular formula is C20H22N4O2. The maximum atomic E-state index is 12.0. The molecule has 0 saturated carbocycles. The number of ether oxygens (including phenoxy) is 1. The summed E-state index contributed by atoms with van der Waals surface area (Å²) in [6.45, 7) is 3.02. The van der Waals surface area contributed by atoms with E-state index in [1.165, 1.54) is 0 Å². The zero-order valence-electron chi connectivity index (χ0n) is 14.8. The fourth-order valence-electron chi connectivity index (χ4n) is 2.52. The summed E-state index contributed by atoms with van der Waals surface area (Å²) in [7, 11) is 0. The predicted molar refractivity (Wildman–Crippen MR) is 99.1 cm³/mol. The molecule has 0 aliphatic carbocycles. The topological polar surface area (TPSA) is 69.0 Å². The molecule has 0 saturated heterocycles. The molecule has 3 aromatic rings. The number of rotatable bonds is 8. The van der Waals surface area contributed by atoms with Crippen LogP contribution in [0, 0.1) is 6.92 Å². The Morgan fingerprint density at radius 1 is 1.19 bits per heavy atom. The molecule has 0 fully saturated rings. The molecule has 0 radical (unpaired) electrons. The first-order chi connectivity index (χ1) is 12.7. The molecule has 0 aliphatic heterocycles. The molecule has 1 aromatic carbocycles. The maximum absolute atomic E-state index is 12.0.